The summed E-state index contributed by atoms with van der Waals surface area (Å²) in [6, 6.07) is 10.4. The van der Waals surface area contributed by atoms with E-state index in [-0.39, 0.29) is 0 Å². The normalized spacial score (nSPS) is 17.5. The zero-order chi connectivity index (χ0) is 11.9. The molecule has 1 heteroatoms. The van der Waals surface area contributed by atoms with Gasteiger partial charge in [0, 0.05) is 0 Å². The first-order valence-electron chi connectivity index (χ1n) is 6.66. The molecule has 0 radical (unpaired) electrons. The first kappa shape index (κ1) is 12.4. The lowest BCUT2D eigenvalue weighted by atomic mass is 9.89. The van der Waals surface area contributed by atoms with Crippen molar-refractivity contribution in [3.63, 3.8) is 0 Å². The van der Waals surface area contributed by atoms with Gasteiger partial charge in [-0.1, -0.05) is 55.8 Å². The molecule has 1 aromatic rings. The second-order valence-electron chi connectivity index (χ2n) is 4.87. The lowest BCUT2D eigenvalue weighted by Crippen LogP contribution is -2.17. The molecule has 1 aliphatic carbocycles. The summed E-state index contributed by atoms with van der Waals surface area (Å²) in [4.78, 5) is 0. The molecule has 0 aliphatic heterocycles. The van der Waals surface area contributed by atoms with Crippen LogP contribution in [-0.4, -0.2) is 6.61 Å². The topological polar surface area (TPSA) is 9.23 Å². The molecular weight excluding hydrogens is 208 g/mol. The minimum absolute atomic E-state index is 0.716. The molecule has 1 nitrogen and oxygen atoms in total. The molecule has 0 bridgehead atoms. The molecule has 1 aromatic carbocycles. The van der Waals surface area contributed by atoms with E-state index in [1.165, 1.54) is 24.8 Å². The van der Waals surface area contributed by atoms with Gasteiger partial charge < -0.3 is 4.74 Å². The summed E-state index contributed by atoms with van der Waals surface area (Å²) >= 11 is 0. The summed E-state index contributed by atoms with van der Waals surface area (Å²) in [6.07, 6.45) is 8.33. The van der Waals surface area contributed by atoms with Crippen molar-refractivity contribution in [3.05, 3.63) is 48.0 Å². The Hall–Kier alpha value is -1.08. The van der Waals surface area contributed by atoms with Crippen LogP contribution in [0.4, 0.5) is 0 Å². The lowest BCUT2D eigenvalue weighted by molar-refractivity contribution is 0.0659. The van der Waals surface area contributed by atoms with Gasteiger partial charge in [-0.05, 0) is 30.2 Å². The maximum atomic E-state index is 5.86. The van der Waals surface area contributed by atoms with Gasteiger partial charge in [-0.2, -0.15) is 0 Å². The van der Waals surface area contributed by atoms with Crippen LogP contribution >= 0.6 is 0 Å². The van der Waals surface area contributed by atoms with Crippen molar-refractivity contribution in [2.75, 3.05) is 6.61 Å². The second kappa shape index (κ2) is 6.61. The highest BCUT2D eigenvalue weighted by atomic mass is 16.5. The fourth-order valence-electron chi connectivity index (χ4n) is 2.51. The molecule has 92 valence electrons. The zero-order valence-corrected chi connectivity index (χ0v) is 10.6. The van der Waals surface area contributed by atoms with E-state index in [9.17, 15) is 0 Å². The van der Waals surface area contributed by atoms with Gasteiger partial charge in [-0.25, -0.2) is 0 Å². The van der Waals surface area contributed by atoms with Crippen molar-refractivity contribution < 1.29 is 4.74 Å². The first-order valence-corrected chi connectivity index (χ1v) is 6.66. The summed E-state index contributed by atoms with van der Waals surface area (Å²) < 4.78 is 5.86. The summed E-state index contributed by atoms with van der Waals surface area (Å²) in [5.41, 5.74) is 1.27. The maximum absolute atomic E-state index is 5.86. The quantitative estimate of drug-likeness (QED) is 0.666. The second-order valence-corrected chi connectivity index (χ2v) is 4.87. The molecule has 0 aromatic heterocycles. The highest BCUT2D eigenvalue weighted by Gasteiger charge is 2.20. The van der Waals surface area contributed by atoms with Crippen LogP contribution in [0.5, 0.6) is 0 Å². The van der Waals surface area contributed by atoms with E-state index >= 15 is 0 Å². The average molecular weight is 230 g/mol. The third kappa shape index (κ3) is 3.71. The maximum Gasteiger partial charge on any atom is 0.0717 e. The number of benzene rings is 1. The Morgan fingerprint density at radius 3 is 2.53 bits per heavy atom. The average Bonchev–Trinajstić information content (AvgIpc) is 2.90. The van der Waals surface area contributed by atoms with Crippen LogP contribution in [0.15, 0.2) is 42.5 Å². The molecule has 0 spiro atoms. The van der Waals surface area contributed by atoms with Crippen LogP contribution in [0.1, 0.15) is 31.7 Å². The van der Waals surface area contributed by atoms with Gasteiger partial charge in [0.05, 0.1) is 13.2 Å². The van der Waals surface area contributed by atoms with Crippen molar-refractivity contribution >= 4 is 0 Å². The Kier molecular flexibility index (Phi) is 4.81. The van der Waals surface area contributed by atoms with Crippen molar-refractivity contribution in [3.8, 4) is 0 Å². The number of rotatable bonds is 6. The Labute approximate surface area is 104 Å². The van der Waals surface area contributed by atoms with Crippen molar-refractivity contribution in [1.82, 2.24) is 0 Å². The van der Waals surface area contributed by atoms with Gasteiger partial charge in [0.1, 0.15) is 0 Å². The van der Waals surface area contributed by atoms with E-state index in [2.05, 4.69) is 43.3 Å². The fraction of sp³-hybridized carbons (Fsp3) is 0.500. The molecule has 17 heavy (non-hydrogen) atoms. The SMILES string of the molecule is CCC(COCc1ccccc1)C1CC=CC1. The van der Waals surface area contributed by atoms with Crippen LogP contribution in [0, 0.1) is 11.8 Å². The molecule has 2 rings (SSSR count). The largest absolute Gasteiger partial charge is 0.376 e. The molecule has 0 heterocycles. The van der Waals surface area contributed by atoms with Crippen LogP contribution in [-0.2, 0) is 11.3 Å². The van der Waals surface area contributed by atoms with Gasteiger partial charge in [0.2, 0.25) is 0 Å². The minimum Gasteiger partial charge on any atom is -0.376 e. The summed E-state index contributed by atoms with van der Waals surface area (Å²) in [5, 5.41) is 0. The fourth-order valence-corrected chi connectivity index (χ4v) is 2.51. The molecule has 1 aliphatic rings. The van der Waals surface area contributed by atoms with Crippen molar-refractivity contribution in [2.45, 2.75) is 32.8 Å². The van der Waals surface area contributed by atoms with Gasteiger partial charge in [0.15, 0.2) is 0 Å². The molecule has 0 N–H and O–H groups in total. The van der Waals surface area contributed by atoms with E-state index in [1.807, 2.05) is 6.07 Å². The van der Waals surface area contributed by atoms with Crippen LogP contribution < -0.4 is 0 Å². The smallest absolute Gasteiger partial charge is 0.0717 e. The third-order valence-corrected chi connectivity index (χ3v) is 3.68. The van der Waals surface area contributed by atoms with Gasteiger partial charge in [-0.3, -0.25) is 0 Å². The number of hydrogen-bond donors (Lipinski definition) is 0. The Morgan fingerprint density at radius 2 is 1.88 bits per heavy atom. The van der Waals surface area contributed by atoms with Gasteiger partial charge >= 0.3 is 0 Å². The number of allylic oxidation sites excluding steroid dienone is 2. The number of ether oxygens (including phenoxy) is 1. The highest BCUT2D eigenvalue weighted by molar-refractivity contribution is 5.13. The van der Waals surface area contributed by atoms with Crippen LogP contribution in [0.25, 0.3) is 0 Å². The molecular formula is C16H22O. The van der Waals surface area contributed by atoms with E-state index in [4.69, 9.17) is 4.74 Å². The Balaban J connectivity index is 1.73. The molecule has 0 saturated carbocycles. The summed E-state index contributed by atoms with van der Waals surface area (Å²) in [5.74, 6) is 1.53. The van der Waals surface area contributed by atoms with Crippen molar-refractivity contribution in [1.29, 1.82) is 0 Å². The molecule has 0 saturated heterocycles. The van der Waals surface area contributed by atoms with E-state index in [0.29, 0.717) is 5.92 Å². The molecule has 0 amide bonds. The number of hydrogen-bond acceptors (Lipinski definition) is 1. The first-order chi connectivity index (χ1) is 8.40. The van der Waals surface area contributed by atoms with E-state index in [0.717, 1.165) is 19.1 Å². The van der Waals surface area contributed by atoms with Gasteiger partial charge in [-0.15, -0.1) is 0 Å². The highest BCUT2D eigenvalue weighted by Crippen LogP contribution is 2.28. The Bertz CT molecular complexity index is 334. The van der Waals surface area contributed by atoms with Gasteiger partial charge in [0.25, 0.3) is 0 Å². The Morgan fingerprint density at radius 1 is 1.18 bits per heavy atom. The minimum atomic E-state index is 0.716. The van der Waals surface area contributed by atoms with E-state index in [1.54, 1.807) is 0 Å². The zero-order valence-electron chi connectivity index (χ0n) is 10.6. The third-order valence-electron chi connectivity index (χ3n) is 3.68. The predicted octanol–water partition coefficient (Wildman–Crippen LogP) is 4.20. The lowest BCUT2D eigenvalue weighted by Gasteiger charge is -2.21. The molecule has 0 fully saturated rings. The summed E-state index contributed by atoms with van der Waals surface area (Å²) in [7, 11) is 0. The van der Waals surface area contributed by atoms with E-state index < -0.39 is 0 Å². The van der Waals surface area contributed by atoms with Crippen LogP contribution in [0.3, 0.4) is 0 Å². The van der Waals surface area contributed by atoms with Crippen LogP contribution in [0.2, 0.25) is 0 Å². The summed E-state index contributed by atoms with van der Waals surface area (Å²) in [6.45, 7) is 3.92. The van der Waals surface area contributed by atoms with Crippen molar-refractivity contribution in [2.24, 2.45) is 11.8 Å². The monoisotopic (exact) mass is 230 g/mol. The molecule has 1 atom stereocenters. The standard InChI is InChI=1S/C16H22O/c1-2-15(16-10-6-7-11-16)13-17-12-14-8-4-3-5-9-14/h3-9,15-16H,2,10-13H2,1H3. The molecule has 1 unspecified atom stereocenters. The predicted molar refractivity (Wildman–Crippen MR) is 71.7 cm³/mol.